The Morgan fingerprint density at radius 3 is 1.75 bits per heavy atom. The summed E-state index contributed by atoms with van der Waals surface area (Å²) in [5.74, 6) is 0. The Balaban J connectivity index is 1.23. The van der Waals surface area contributed by atoms with E-state index in [1.165, 1.54) is 101 Å². The second-order valence-corrected chi connectivity index (χ2v) is 14.2. The van der Waals surface area contributed by atoms with Crippen molar-refractivity contribution in [1.29, 1.82) is 0 Å². The van der Waals surface area contributed by atoms with Gasteiger partial charge in [-0.15, -0.1) is 0 Å². The van der Waals surface area contributed by atoms with Crippen LogP contribution in [0.3, 0.4) is 0 Å². The molecule has 52 heavy (non-hydrogen) atoms. The van der Waals surface area contributed by atoms with Gasteiger partial charge in [0.05, 0.1) is 17.1 Å². The number of pyridine rings is 2. The fraction of sp³-hybridized carbons (Fsp3) is 0.0800. The molecule has 2 heterocycles. The molecule has 0 saturated heterocycles. The van der Waals surface area contributed by atoms with Crippen molar-refractivity contribution in [3.05, 3.63) is 169 Å². The summed E-state index contributed by atoms with van der Waals surface area (Å²) >= 11 is 0. The molecule has 0 unspecified atom stereocenters. The minimum atomic E-state index is 0.956. The van der Waals surface area contributed by atoms with E-state index in [1.54, 1.807) is 0 Å². The number of aryl methyl sites for hydroxylation is 1. The predicted molar refractivity (Wildman–Crippen MR) is 217 cm³/mol. The highest BCUT2D eigenvalue weighted by molar-refractivity contribution is 6.28. The lowest BCUT2D eigenvalue weighted by atomic mass is 9.82. The van der Waals surface area contributed by atoms with E-state index < -0.39 is 0 Å². The summed E-state index contributed by atoms with van der Waals surface area (Å²) in [5, 5.41) is 7.47. The van der Waals surface area contributed by atoms with Crippen LogP contribution in [0, 0.1) is 0 Å². The molecule has 9 aromatic rings. The monoisotopic (exact) mass is 662 g/mol. The minimum absolute atomic E-state index is 0.956. The second kappa shape index (κ2) is 11.6. The normalized spacial score (nSPS) is 13.1. The van der Waals surface area contributed by atoms with E-state index in [2.05, 4.69) is 152 Å². The van der Waals surface area contributed by atoms with Gasteiger partial charge in [-0.25, -0.2) is 4.98 Å². The molecule has 11 rings (SSSR count). The third-order valence-electron chi connectivity index (χ3n) is 11.4. The fourth-order valence-corrected chi connectivity index (χ4v) is 9.23. The van der Waals surface area contributed by atoms with Gasteiger partial charge in [-0.3, -0.25) is 4.98 Å². The standard InChI is InChI=1S/C50H34N2/c1-3-15-32(16-4-1)44-37-22-11-12-23-38(37)45(33-17-5-2-6-18-33)48-42-27-26-40(39-24-13-25-41(46(39)42)47(44)48)49-36-21-10-8-19-34(36)30-43(52-49)50-35-20-9-7-14-31(35)28-29-51-50/h1-7,9,11-18,20,22-30H,8,10,19,21H2. The Bertz CT molecular complexity index is 2790. The fourth-order valence-electron chi connectivity index (χ4n) is 9.23. The average Bonchev–Trinajstić information content (AvgIpc) is 3.55. The molecule has 0 N–H and O–H groups in total. The Morgan fingerprint density at radius 2 is 1.02 bits per heavy atom. The van der Waals surface area contributed by atoms with Crippen molar-refractivity contribution in [2.45, 2.75) is 25.7 Å². The van der Waals surface area contributed by atoms with Crippen molar-refractivity contribution in [1.82, 2.24) is 9.97 Å². The SMILES string of the molecule is c1ccc(-c2c3c(c(-c4ccccc4)c4ccccc24)-c2ccc(-c4nc(-c5nccc6ccccc56)cc5c4CCCC5)c4cccc-3c24)cc1. The van der Waals surface area contributed by atoms with Crippen LogP contribution in [0.1, 0.15) is 24.0 Å². The van der Waals surface area contributed by atoms with Crippen LogP contribution in [-0.4, -0.2) is 9.97 Å². The van der Waals surface area contributed by atoms with Crippen LogP contribution in [0.15, 0.2) is 158 Å². The van der Waals surface area contributed by atoms with E-state index in [4.69, 9.17) is 9.97 Å². The summed E-state index contributed by atoms with van der Waals surface area (Å²) in [4.78, 5) is 10.5. The first-order valence-electron chi connectivity index (χ1n) is 18.5. The molecule has 2 aliphatic rings. The second-order valence-electron chi connectivity index (χ2n) is 14.2. The lowest BCUT2D eigenvalue weighted by molar-refractivity contribution is 0.684. The number of rotatable bonds is 4. The van der Waals surface area contributed by atoms with Gasteiger partial charge in [0.2, 0.25) is 0 Å². The maximum absolute atomic E-state index is 5.57. The Hall–Kier alpha value is -6.38. The molecule has 2 heteroatoms. The van der Waals surface area contributed by atoms with Crippen LogP contribution in [0.25, 0.3) is 99.5 Å². The molecular formula is C50H34N2. The van der Waals surface area contributed by atoms with E-state index in [0.29, 0.717) is 0 Å². The van der Waals surface area contributed by atoms with Crippen molar-refractivity contribution in [3.8, 4) is 67.2 Å². The summed E-state index contributed by atoms with van der Waals surface area (Å²) in [5.41, 5.74) is 17.4. The molecule has 0 atom stereocenters. The number of hydrogen-bond acceptors (Lipinski definition) is 2. The Morgan fingerprint density at radius 1 is 0.423 bits per heavy atom. The number of nitrogens with zero attached hydrogens (tertiary/aromatic N) is 2. The molecule has 0 spiro atoms. The lowest BCUT2D eigenvalue weighted by Crippen LogP contribution is -2.08. The number of fused-ring (bicyclic) bond motifs is 6. The van der Waals surface area contributed by atoms with E-state index in [-0.39, 0.29) is 0 Å². The third-order valence-corrected chi connectivity index (χ3v) is 11.4. The lowest BCUT2D eigenvalue weighted by Gasteiger charge is -2.22. The largest absolute Gasteiger partial charge is 0.254 e. The van der Waals surface area contributed by atoms with E-state index in [0.717, 1.165) is 35.3 Å². The molecular weight excluding hydrogens is 629 g/mol. The number of aromatic nitrogens is 2. The van der Waals surface area contributed by atoms with E-state index in [1.807, 2.05) is 6.20 Å². The Labute approximate surface area is 303 Å². The summed E-state index contributed by atoms with van der Waals surface area (Å²) in [6.45, 7) is 0. The molecule has 0 fully saturated rings. The third kappa shape index (κ3) is 4.31. The maximum atomic E-state index is 5.57. The van der Waals surface area contributed by atoms with Crippen molar-refractivity contribution < 1.29 is 0 Å². The Kier molecular flexibility index (Phi) is 6.54. The molecule has 2 aromatic heterocycles. The topological polar surface area (TPSA) is 25.8 Å². The molecule has 2 nitrogen and oxygen atoms in total. The van der Waals surface area contributed by atoms with Crippen LogP contribution >= 0.6 is 0 Å². The zero-order valence-corrected chi connectivity index (χ0v) is 28.7. The predicted octanol–water partition coefficient (Wildman–Crippen LogP) is 13.1. The van der Waals surface area contributed by atoms with Gasteiger partial charge < -0.3 is 0 Å². The first-order valence-corrected chi connectivity index (χ1v) is 18.5. The zero-order chi connectivity index (χ0) is 34.2. The van der Waals surface area contributed by atoms with Crippen LogP contribution in [-0.2, 0) is 12.8 Å². The van der Waals surface area contributed by atoms with Crippen molar-refractivity contribution >= 4 is 32.3 Å². The van der Waals surface area contributed by atoms with Crippen LogP contribution in [0.2, 0.25) is 0 Å². The molecule has 2 aliphatic carbocycles. The van der Waals surface area contributed by atoms with Gasteiger partial charge in [0.15, 0.2) is 0 Å². The molecule has 0 bridgehead atoms. The highest BCUT2D eigenvalue weighted by atomic mass is 14.8. The van der Waals surface area contributed by atoms with Crippen LogP contribution in [0.4, 0.5) is 0 Å². The minimum Gasteiger partial charge on any atom is -0.254 e. The molecule has 0 saturated carbocycles. The van der Waals surface area contributed by atoms with Crippen LogP contribution in [0.5, 0.6) is 0 Å². The molecule has 0 amide bonds. The summed E-state index contributed by atoms with van der Waals surface area (Å²) < 4.78 is 0. The first kappa shape index (κ1) is 29.4. The maximum Gasteiger partial charge on any atom is 0.0964 e. The molecule has 7 aromatic carbocycles. The van der Waals surface area contributed by atoms with Gasteiger partial charge in [0, 0.05) is 17.1 Å². The van der Waals surface area contributed by atoms with E-state index in [9.17, 15) is 0 Å². The van der Waals surface area contributed by atoms with Crippen molar-refractivity contribution in [2.24, 2.45) is 0 Å². The summed E-state index contributed by atoms with van der Waals surface area (Å²) in [6.07, 6.45) is 6.44. The number of hydrogen-bond donors (Lipinski definition) is 0. The van der Waals surface area contributed by atoms with Gasteiger partial charge in [-0.2, -0.15) is 0 Å². The van der Waals surface area contributed by atoms with Crippen molar-refractivity contribution in [2.75, 3.05) is 0 Å². The molecule has 0 aliphatic heterocycles. The van der Waals surface area contributed by atoms with Gasteiger partial charge in [0.1, 0.15) is 0 Å². The highest BCUT2D eigenvalue weighted by Crippen LogP contribution is 2.58. The number of benzene rings is 7. The van der Waals surface area contributed by atoms with E-state index >= 15 is 0 Å². The molecule has 244 valence electrons. The summed E-state index contributed by atoms with van der Waals surface area (Å²) in [6, 6.07) is 55.6. The van der Waals surface area contributed by atoms with Crippen molar-refractivity contribution in [3.63, 3.8) is 0 Å². The highest BCUT2D eigenvalue weighted by Gasteiger charge is 2.32. The van der Waals surface area contributed by atoms with Gasteiger partial charge in [-0.05, 0) is 120 Å². The van der Waals surface area contributed by atoms with Gasteiger partial charge >= 0.3 is 0 Å². The van der Waals surface area contributed by atoms with Gasteiger partial charge in [-0.1, -0.05) is 140 Å². The first-order chi connectivity index (χ1) is 25.8. The van der Waals surface area contributed by atoms with Crippen LogP contribution < -0.4 is 0 Å². The average molecular weight is 663 g/mol. The van der Waals surface area contributed by atoms with Gasteiger partial charge in [0.25, 0.3) is 0 Å². The zero-order valence-electron chi connectivity index (χ0n) is 28.7. The molecule has 0 radical (unpaired) electrons. The quantitative estimate of drug-likeness (QED) is 0.187. The smallest absolute Gasteiger partial charge is 0.0964 e. The summed E-state index contributed by atoms with van der Waals surface area (Å²) in [7, 11) is 0.